The zero-order valence-electron chi connectivity index (χ0n) is 13.6. The number of aromatic nitrogens is 1. The molecule has 132 valence electrons. The second-order valence-electron chi connectivity index (χ2n) is 6.09. The molecule has 6 nitrogen and oxygen atoms in total. The highest BCUT2D eigenvalue weighted by molar-refractivity contribution is 7.91. The number of nitrogens with zero attached hydrogens (tertiary/aromatic N) is 1. The molecule has 2 N–H and O–H groups in total. The van der Waals surface area contributed by atoms with Crippen LogP contribution in [-0.2, 0) is 9.84 Å². The molecule has 1 saturated heterocycles. The standard InChI is InChI=1S/C17H18ClN3O3S/c1-11-2-3-13(18)9-15(11)21-16-8-12(4-6-19-16)17(22)20-14-5-7-25(23,24)10-14/h2-4,6,8-9,14H,5,7,10H2,1H3,(H,19,21)(H,20,22). The normalized spacial score (nSPS) is 18.7. The SMILES string of the molecule is Cc1ccc(Cl)cc1Nc1cc(C(=O)NC2CCS(=O)(=O)C2)ccn1. The molecule has 0 aliphatic carbocycles. The van der Waals surface area contributed by atoms with Crippen LogP contribution in [0.3, 0.4) is 0 Å². The molecular weight excluding hydrogens is 362 g/mol. The minimum atomic E-state index is -3.03. The Morgan fingerprint density at radius 2 is 2.08 bits per heavy atom. The minimum Gasteiger partial charge on any atom is -0.348 e. The van der Waals surface area contributed by atoms with Crippen molar-refractivity contribution >= 4 is 38.9 Å². The number of rotatable bonds is 4. The summed E-state index contributed by atoms with van der Waals surface area (Å²) in [6.07, 6.45) is 1.98. The van der Waals surface area contributed by atoms with E-state index in [1.807, 2.05) is 13.0 Å². The molecule has 0 bridgehead atoms. The number of carbonyl (C=O) groups is 1. The van der Waals surface area contributed by atoms with Crippen molar-refractivity contribution in [3.05, 3.63) is 52.7 Å². The number of nitrogens with one attached hydrogen (secondary N) is 2. The van der Waals surface area contributed by atoms with Crippen molar-refractivity contribution in [2.24, 2.45) is 0 Å². The van der Waals surface area contributed by atoms with Crippen molar-refractivity contribution in [2.75, 3.05) is 16.8 Å². The Bertz CT molecular complexity index is 915. The second-order valence-corrected chi connectivity index (χ2v) is 8.75. The topological polar surface area (TPSA) is 88.2 Å². The Morgan fingerprint density at radius 3 is 2.80 bits per heavy atom. The second kappa shape index (κ2) is 7.01. The summed E-state index contributed by atoms with van der Waals surface area (Å²) in [5.74, 6) is 0.318. The molecule has 0 spiro atoms. The number of halogens is 1. The average molecular weight is 380 g/mol. The van der Waals surface area contributed by atoms with Gasteiger partial charge in [0.05, 0.1) is 11.5 Å². The Morgan fingerprint density at radius 1 is 1.28 bits per heavy atom. The van der Waals surface area contributed by atoms with Crippen LogP contribution in [0.4, 0.5) is 11.5 Å². The van der Waals surface area contributed by atoms with Gasteiger partial charge in [0.15, 0.2) is 9.84 Å². The van der Waals surface area contributed by atoms with Gasteiger partial charge in [-0.05, 0) is 43.2 Å². The lowest BCUT2D eigenvalue weighted by Crippen LogP contribution is -2.35. The van der Waals surface area contributed by atoms with Crippen LogP contribution in [0.25, 0.3) is 0 Å². The highest BCUT2D eigenvalue weighted by atomic mass is 35.5. The van der Waals surface area contributed by atoms with Crippen LogP contribution in [0.1, 0.15) is 22.3 Å². The van der Waals surface area contributed by atoms with E-state index in [4.69, 9.17) is 11.6 Å². The number of carbonyl (C=O) groups excluding carboxylic acids is 1. The Labute approximate surface area is 151 Å². The maximum atomic E-state index is 12.4. The summed E-state index contributed by atoms with van der Waals surface area (Å²) in [4.78, 5) is 16.6. The molecule has 1 atom stereocenters. The highest BCUT2D eigenvalue weighted by Crippen LogP contribution is 2.23. The van der Waals surface area contributed by atoms with E-state index in [0.29, 0.717) is 22.8 Å². The van der Waals surface area contributed by atoms with Gasteiger partial charge in [-0.1, -0.05) is 17.7 Å². The van der Waals surface area contributed by atoms with E-state index in [0.717, 1.165) is 11.3 Å². The summed E-state index contributed by atoms with van der Waals surface area (Å²) < 4.78 is 23.0. The van der Waals surface area contributed by atoms with E-state index >= 15 is 0 Å². The van der Waals surface area contributed by atoms with Crippen LogP contribution in [0.5, 0.6) is 0 Å². The van der Waals surface area contributed by atoms with E-state index in [9.17, 15) is 13.2 Å². The van der Waals surface area contributed by atoms with Gasteiger partial charge in [-0.2, -0.15) is 0 Å². The predicted octanol–water partition coefficient (Wildman–Crippen LogP) is 2.70. The molecule has 1 aliphatic rings. The quantitative estimate of drug-likeness (QED) is 0.852. The van der Waals surface area contributed by atoms with E-state index in [-0.39, 0.29) is 23.5 Å². The lowest BCUT2D eigenvalue weighted by Gasteiger charge is -2.12. The summed E-state index contributed by atoms with van der Waals surface area (Å²) in [6, 6.07) is 8.36. The number of pyridine rings is 1. The van der Waals surface area contributed by atoms with Crippen molar-refractivity contribution in [3.8, 4) is 0 Å². The fourth-order valence-corrected chi connectivity index (χ4v) is 4.53. The molecule has 3 rings (SSSR count). The zero-order valence-corrected chi connectivity index (χ0v) is 15.2. The molecule has 1 aromatic carbocycles. The molecular formula is C17H18ClN3O3S. The predicted molar refractivity (Wildman–Crippen MR) is 98.2 cm³/mol. The van der Waals surface area contributed by atoms with Gasteiger partial charge in [-0.15, -0.1) is 0 Å². The molecule has 1 aliphatic heterocycles. The maximum Gasteiger partial charge on any atom is 0.251 e. The van der Waals surface area contributed by atoms with Gasteiger partial charge in [0.25, 0.3) is 5.91 Å². The molecule has 1 amide bonds. The van der Waals surface area contributed by atoms with Crippen LogP contribution in [0, 0.1) is 6.92 Å². The highest BCUT2D eigenvalue weighted by Gasteiger charge is 2.29. The van der Waals surface area contributed by atoms with Crippen LogP contribution in [-0.4, -0.2) is 36.9 Å². The summed E-state index contributed by atoms with van der Waals surface area (Å²) in [6.45, 7) is 1.94. The lowest BCUT2D eigenvalue weighted by atomic mass is 10.2. The first-order valence-corrected chi connectivity index (χ1v) is 10.0. The van der Waals surface area contributed by atoms with Gasteiger partial charge in [0.2, 0.25) is 0 Å². The van der Waals surface area contributed by atoms with Crippen molar-refractivity contribution in [1.29, 1.82) is 0 Å². The summed E-state index contributed by atoms with van der Waals surface area (Å²) >= 11 is 6.01. The lowest BCUT2D eigenvalue weighted by molar-refractivity contribution is 0.0941. The minimum absolute atomic E-state index is 0.00333. The molecule has 25 heavy (non-hydrogen) atoms. The summed E-state index contributed by atoms with van der Waals surface area (Å²) in [7, 11) is -3.03. The molecule has 2 aromatic rings. The maximum absolute atomic E-state index is 12.4. The van der Waals surface area contributed by atoms with Crippen LogP contribution in [0.15, 0.2) is 36.5 Å². The zero-order chi connectivity index (χ0) is 18.0. The van der Waals surface area contributed by atoms with Crippen molar-refractivity contribution in [2.45, 2.75) is 19.4 Å². The van der Waals surface area contributed by atoms with Crippen molar-refractivity contribution in [1.82, 2.24) is 10.3 Å². The first kappa shape index (κ1) is 17.7. The van der Waals surface area contributed by atoms with Crippen LogP contribution < -0.4 is 10.6 Å². The van der Waals surface area contributed by atoms with Crippen LogP contribution >= 0.6 is 11.6 Å². The summed E-state index contributed by atoms with van der Waals surface area (Å²) in [5.41, 5.74) is 2.22. The van der Waals surface area contributed by atoms with Crippen molar-refractivity contribution in [3.63, 3.8) is 0 Å². The van der Waals surface area contributed by atoms with Gasteiger partial charge >= 0.3 is 0 Å². The molecule has 1 aromatic heterocycles. The Kier molecular flexibility index (Phi) is 4.96. The molecule has 0 saturated carbocycles. The average Bonchev–Trinajstić information content (AvgIpc) is 2.90. The van der Waals surface area contributed by atoms with Gasteiger partial charge in [0, 0.05) is 28.5 Å². The monoisotopic (exact) mass is 379 g/mol. The van der Waals surface area contributed by atoms with Gasteiger partial charge < -0.3 is 10.6 Å². The number of hydrogen-bond donors (Lipinski definition) is 2. The number of aryl methyl sites for hydroxylation is 1. The smallest absolute Gasteiger partial charge is 0.251 e. The third-order valence-electron chi connectivity index (χ3n) is 4.05. The number of hydrogen-bond acceptors (Lipinski definition) is 5. The number of sulfone groups is 1. The van der Waals surface area contributed by atoms with Gasteiger partial charge in [0.1, 0.15) is 5.82 Å². The van der Waals surface area contributed by atoms with Crippen molar-refractivity contribution < 1.29 is 13.2 Å². The van der Waals surface area contributed by atoms with E-state index in [2.05, 4.69) is 15.6 Å². The number of amides is 1. The Balaban J connectivity index is 1.73. The molecule has 0 radical (unpaired) electrons. The number of benzene rings is 1. The van der Waals surface area contributed by atoms with Gasteiger partial charge in [-0.3, -0.25) is 4.79 Å². The van der Waals surface area contributed by atoms with E-state index in [1.54, 1.807) is 24.3 Å². The number of anilines is 2. The molecule has 1 fully saturated rings. The summed E-state index contributed by atoms with van der Waals surface area (Å²) in [5, 5.41) is 6.51. The van der Waals surface area contributed by atoms with Crippen LogP contribution in [0.2, 0.25) is 5.02 Å². The fourth-order valence-electron chi connectivity index (χ4n) is 2.68. The third-order valence-corrected chi connectivity index (χ3v) is 6.06. The first-order valence-electron chi connectivity index (χ1n) is 7.83. The largest absolute Gasteiger partial charge is 0.348 e. The third kappa shape index (κ3) is 4.49. The van der Waals surface area contributed by atoms with E-state index < -0.39 is 9.84 Å². The van der Waals surface area contributed by atoms with Gasteiger partial charge in [-0.25, -0.2) is 13.4 Å². The molecule has 8 heteroatoms. The van der Waals surface area contributed by atoms with E-state index in [1.165, 1.54) is 6.20 Å². The Hall–Kier alpha value is -2.12. The fraction of sp³-hybridized carbons (Fsp3) is 0.294. The molecule has 2 heterocycles. The first-order chi connectivity index (χ1) is 11.8. The molecule has 1 unspecified atom stereocenters.